The van der Waals surface area contributed by atoms with E-state index in [1.165, 1.54) is 9.80 Å². The zero-order valence-electron chi connectivity index (χ0n) is 14.6. The number of nitrogens with zero attached hydrogens (tertiary/aromatic N) is 2. The van der Waals surface area contributed by atoms with Gasteiger partial charge in [-0.05, 0) is 11.6 Å². The number of para-hydroxylation sites is 1. The summed E-state index contributed by atoms with van der Waals surface area (Å²) in [6.07, 6.45) is 0. The number of hydrogen-bond donors (Lipinski definition) is 1. The van der Waals surface area contributed by atoms with Gasteiger partial charge in [0, 0.05) is 5.56 Å². The van der Waals surface area contributed by atoms with Crippen LogP contribution in [-0.4, -0.2) is 33.5 Å². The number of thiocarbonyl (C=S) groups is 1. The summed E-state index contributed by atoms with van der Waals surface area (Å²) in [5.41, 5.74) is 7.68. The Labute approximate surface area is 171 Å². The Balaban J connectivity index is 1.74. The van der Waals surface area contributed by atoms with Gasteiger partial charge in [0.15, 0.2) is 0 Å². The van der Waals surface area contributed by atoms with E-state index in [1.807, 2.05) is 30.3 Å². The van der Waals surface area contributed by atoms with E-state index in [0.29, 0.717) is 22.1 Å². The molecule has 0 aromatic heterocycles. The second-order valence-corrected chi connectivity index (χ2v) is 7.97. The number of benzene rings is 2. The molecule has 2 aliphatic heterocycles. The van der Waals surface area contributed by atoms with Crippen LogP contribution in [0.15, 0.2) is 59.5 Å². The Hall–Kier alpha value is -2.97. The van der Waals surface area contributed by atoms with E-state index in [2.05, 4.69) is 0 Å². The minimum Gasteiger partial charge on any atom is -0.368 e. The van der Waals surface area contributed by atoms with Gasteiger partial charge >= 0.3 is 0 Å². The second-order valence-electron chi connectivity index (χ2n) is 6.32. The minimum absolute atomic E-state index is 0.246. The Morgan fingerprint density at radius 2 is 1.64 bits per heavy atom. The van der Waals surface area contributed by atoms with Crippen LogP contribution in [0.25, 0.3) is 5.57 Å². The first-order valence-electron chi connectivity index (χ1n) is 8.49. The Morgan fingerprint density at radius 1 is 0.964 bits per heavy atom. The van der Waals surface area contributed by atoms with Gasteiger partial charge in [0.05, 0.1) is 22.7 Å². The molecule has 0 bridgehead atoms. The number of thioether (sulfide) groups is 1. The third-order valence-electron chi connectivity index (χ3n) is 4.50. The Bertz CT molecular complexity index is 1050. The van der Waals surface area contributed by atoms with Crippen LogP contribution < -0.4 is 10.6 Å². The second kappa shape index (κ2) is 7.21. The summed E-state index contributed by atoms with van der Waals surface area (Å²) in [4.78, 5) is 40.6. The zero-order valence-corrected chi connectivity index (χ0v) is 16.3. The van der Waals surface area contributed by atoms with E-state index in [1.54, 1.807) is 24.3 Å². The molecule has 2 aromatic carbocycles. The molecular formula is C20H15N3O3S2. The highest BCUT2D eigenvalue weighted by molar-refractivity contribution is 8.26. The van der Waals surface area contributed by atoms with Gasteiger partial charge in [-0.2, -0.15) is 0 Å². The number of carbonyl (C=O) groups excluding carboxylic acids is 3. The van der Waals surface area contributed by atoms with Gasteiger partial charge in [-0.15, -0.1) is 0 Å². The third kappa shape index (κ3) is 3.10. The number of rotatable bonds is 4. The molecule has 28 heavy (non-hydrogen) atoms. The number of carbonyl (C=O) groups is 3. The van der Waals surface area contributed by atoms with Crippen molar-refractivity contribution in [2.24, 2.45) is 5.73 Å². The minimum atomic E-state index is -0.624. The van der Waals surface area contributed by atoms with Gasteiger partial charge in [-0.3, -0.25) is 24.2 Å². The largest absolute Gasteiger partial charge is 0.368 e. The van der Waals surface area contributed by atoms with E-state index in [9.17, 15) is 14.4 Å². The van der Waals surface area contributed by atoms with Crippen LogP contribution in [0.1, 0.15) is 11.1 Å². The summed E-state index contributed by atoms with van der Waals surface area (Å²) < 4.78 is 0.398. The van der Waals surface area contributed by atoms with Crippen molar-refractivity contribution in [3.8, 4) is 0 Å². The fourth-order valence-corrected chi connectivity index (χ4v) is 4.59. The predicted molar refractivity (Wildman–Crippen MR) is 112 cm³/mol. The van der Waals surface area contributed by atoms with Gasteiger partial charge in [0.25, 0.3) is 11.8 Å². The summed E-state index contributed by atoms with van der Waals surface area (Å²) in [6, 6.07) is 16.5. The van der Waals surface area contributed by atoms with Crippen molar-refractivity contribution in [1.29, 1.82) is 0 Å². The van der Waals surface area contributed by atoms with Crippen molar-refractivity contribution < 1.29 is 14.4 Å². The lowest BCUT2D eigenvalue weighted by Crippen LogP contribution is -2.36. The van der Waals surface area contributed by atoms with E-state index < -0.39 is 11.8 Å². The molecule has 0 aliphatic carbocycles. The lowest BCUT2D eigenvalue weighted by molar-refractivity contribution is -0.122. The van der Waals surface area contributed by atoms with Gasteiger partial charge in [0.2, 0.25) is 5.91 Å². The van der Waals surface area contributed by atoms with Crippen molar-refractivity contribution in [3.05, 3.63) is 70.6 Å². The standard InChI is InChI=1S/C20H15N3O3S2/c21-15(24)11-22-14-9-5-4-8-13(14)16(18(22)25)17-19(26)23(20(27)28-17)10-12-6-2-1-3-7-12/h1-9H,10-11H2,(H2,21,24). The molecule has 2 aromatic rings. The smallest absolute Gasteiger partial charge is 0.267 e. The van der Waals surface area contributed by atoms with Crippen molar-refractivity contribution in [2.75, 3.05) is 11.4 Å². The van der Waals surface area contributed by atoms with Crippen molar-refractivity contribution in [3.63, 3.8) is 0 Å². The molecule has 4 rings (SSSR count). The number of amides is 3. The molecule has 2 heterocycles. The number of fused-ring (bicyclic) bond motifs is 1. The normalized spacial score (nSPS) is 18.8. The summed E-state index contributed by atoms with van der Waals surface area (Å²) in [5, 5.41) is 0. The molecule has 8 heteroatoms. The van der Waals surface area contributed by atoms with Crippen LogP contribution in [0.2, 0.25) is 0 Å². The first kappa shape index (κ1) is 18.4. The van der Waals surface area contributed by atoms with Crippen molar-refractivity contribution in [1.82, 2.24) is 4.90 Å². The van der Waals surface area contributed by atoms with Gasteiger partial charge in [0.1, 0.15) is 10.9 Å². The van der Waals surface area contributed by atoms with Crippen LogP contribution in [0.4, 0.5) is 5.69 Å². The van der Waals surface area contributed by atoms with Crippen LogP contribution >= 0.6 is 24.0 Å². The maximum absolute atomic E-state index is 13.1. The van der Waals surface area contributed by atoms with Crippen LogP contribution in [0, 0.1) is 0 Å². The molecule has 6 nitrogen and oxygen atoms in total. The highest BCUT2D eigenvalue weighted by Gasteiger charge is 2.42. The fourth-order valence-electron chi connectivity index (χ4n) is 3.26. The van der Waals surface area contributed by atoms with Crippen molar-refractivity contribution >= 4 is 57.3 Å². The maximum atomic E-state index is 13.1. The first-order valence-corrected chi connectivity index (χ1v) is 9.71. The molecule has 1 saturated heterocycles. The lowest BCUT2D eigenvalue weighted by Gasteiger charge is -2.15. The van der Waals surface area contributed by atoms with Gasteiger partial charge in [-0.1, -0.05) is 72.5 Å². The molecule has 1 fully saturated rings. The number of hydrogen-bond acceptors (Lipinski definition) is 5. The fraction of sp³-hybridized carbons (Fsp3) is 0.100. The number of anilines is 1. The van der Waals surface area contributed by atoms with E-state index in [0.717, 1.165) is 17.3 Å². The average Bonchev–Trinajstić information content (AvgIpc) is 3.10. The monoisotopic (exact) mass is 409 g/mol. The number of primary amides is 1. The molecular weight excluding hydrogens is 394 g/mol. The summed E-state index contributed by atoms with van der Waals surface area (Å²) in [5.74, 6) is -1.35. The van der Waals surface area contributed by atoms with Crippen LogP contribution in [0.5, 0.6) is 0 Å². The van der Waals surface area contributed by atoms with E-state index in [-0.39, 0.29) is 22.9 Å². The molecule has 0 spiro atoms. The highest BCUT2D eigenvalue weighted by Crippen LogP contribution is 2.44. The topological polar surface area (TPSA) is 83.7 Å². The van der Waals surface area contributed by atoms with Crippen LogP contribution in [0.3, 0.4) is 0 Å². The third-order valence-corrected chi connectivity index (χ3v) is 5.95. The van der Waals surface area contributed by atoms with Gasteiger partial charge in [-0.25, -0.2) is 0 Å². The summed E-state index contributed by atoms with van der Waals surface area (Å²) in [7, 11) is 0. The maximum Gasteiger partial charge on any atom is 0.267 e. The quantitative estimate of drug-likeness (QED) is 0.619. The van der Waals surface area contributed by atoms with E-state index in [4.69, 9.17) is 18.0 Å². The molecule has 0 unspecified atom stereocenters. The molecule has 0 atom stereocenters. The highest BCUT2D eigenvalue weighted by atomic mass is 32.2. The Morgan fingerprint density at radius 3 is 2.36 bits per heavy atom. The molecule has 3 amide bonds. The first-order chi connectivity index (χ1) is 13.5. The summed E-state index contributed by atoms with van der Waals surface area (Å²) in [6.45, 7) is 0.0901. The predicted octanol–water partition coefficient (Wildman–Crippen LogP) is 2.29. The van der Waals surface area contributed by atoms with Crippen LogP contribution in [-0.2, 0) is 20.9 Å². The van der Waals surface area contributed by atoms with Crippen molar-refractivity contribution in [2.45, 2.75) is 6.54 Å². The van der Waals surface area contributed by atoms with Gasteiger partial charge < -0.3 is 5.73 Å². The zero-order chi connectivity index (χ0) is 19.8. The summed E-state index contributed by atoms with van der Waals surface area (Å²) >= 11 is 6.51. The molecule has 2 N–H and O–H groups in total. The Kier molecular flexibility index (Phi) is 4.74. The molecule has 0 radical (unpaired) electrons. The van der Waals surface area contributed by atoms with E-state index >= 15 is 0 Å². The SMILES string of the molecule is NC(=O)CN1C(=O)C(=C2SC(=S)N(Cc3ccccc3)C2=O)c2ccccc21. The average molecular weight is 409 g/mol. The molecule has 0 saturated carbocycles. The molecule has 2 aliphatic rings. The number of nitrogens with two attached hydrogens (primary N) is 1. The lowest BCUT2D eigenvalue weighted by atomic mass is 10.1. The molecule has 140 valence electrons.